The number of aliphatic hydroxyl groups is 1. The molecule has 0 radical (unpaired) electrons. The third-order valence-corrected chi connectivity index (χ3v) is 16.7. The monoisotopic (exact) mass is 729 g/mol. The van der Waals surface area contributed by atoms with Crippen LogP contribution in [0.1, 0.15) is 76.7 Å². The van der Waals surface area contributed by atoms with Gasteiger partial charge >= 0.3 is 17.9 Å². The third kappa shape index (κ3) is 9.96. The van der Waals surface area contributed by atoms with Crippen LogP contribution in [0.2, 0.25) is 0 Å². The molecule has 7 nitrogen and oxygen atoms in total. The van der Waals surface area contributed by atoms with Crippen LogP contribution in [0.15, 0.2) is 48.5 Å². The van der Waals surface area contributed by atoms with Gasteiger partial charge in [-0.2, -0.15) is 6.92 Å². The summed E-state index contributed by atoms with van der Waals surface area (Å²) in [5, 5.41) is 30.0. The molecular weight excluding hydrogens is 689 g/mol. The number of rotatable bonds is 6. The molecule has 3 heterocycles. The topological polar surface area (TPSA) is 121 Å². The number of hydrogen-bond donors (Lipinski definition) is 3. The first-order valence-electron chi connectivity index (χ1n) is 14.5. The molecular formula is C32H41O7S6-. The highest BCUT2D eigenvalue weighted by Gasteiger charge is 2.61. The van der Waals surface area contributed by atoms with E-state index in [9.17, 15) is 24.6 Å². The van der Waals surface area contributed by atoms with Crippen molar-refractivity contribution in [2.75, 3.05) is 41.6 Å². The molecule has 0 aromatic heterocycles. The Kier molecular flexibility index (Phi) is 15.2. The van der Waals surface area contributed by atoms with E-state index in [0.717, 1.165) is 41.4 Å². The van der Waals surface area contributed by atoms with Gasteiger partial charge in [-0.25, -0.2) is 19.0 Å². The summed E-state index contributed by atoms with van der Waals surface area (Å²) < 4.78 is 5.28. The van der Waals surface area contributed by atoms with Gasteiger partial charge in [0, 0.05) is 0 Å². The summed E-state index contributed by atoms with van der Waals surface area (Å²) in [4.78, 5) is 32.6. The van der Waals surface area contributed by atoms with Gasteiger partial charge in [-0.1, -0.05) is 12.1 Å². The average molecular weight is 730 g/mol. The van der Waals surface area contributed by atoms with Gasteiger partial charge in [0.05, 0.1) is 32.0 Å². The minimum absolute atomic E-state index is 0.146. The number of carbonyl (C=O) groups excluding carboxylic acids is 1. The van der Waals surface area contributed by atoms with Crippen molar-refractivity contribution in [2.45, 2.75) is 53.8 Å². The second kappa shape index (κ2) is 17.9. The molecule has 0 unspecified atom stereocenters. The lowest BCUT2D eigenvalue weighted by molar-refractivity contribution is 0.0201. The second-order valence-corrected chi connectivity index (χ2v) is 19.9. The quantitative estimate of drug-likeness (QED) is 0.196. The molecule has 13 heteroatoms. The van der Waals surface area contributed by atoms with Crippen LogP contribution in [0, 0.1) is 4.58 Å². The zero-order valence-corrected chi connectivity index (χ0v) is 30.8. The molecule has 3 N–H and O–H groups in total. The van der Waals surface area contributed by atoms with Crippen LogP contribution in [-0.4, -0.2) is 83.0 Å². The molecule has 0 bridgehead atoms. The summed E-state index contributed by atoms with van der Waals surface area (Å²) in [6.07, 6.45) is 3.72. The molecule has 0 aliphatic carbocycles. The molecule has 3 saturated heterocycles. The fraction of sp³-hybridized carbons (Fsp3) is 0.500. The number of carboxylic acid groups (broad SMARTS) is 2. The Morgan fingerprint density at radius 1 is 0.689 bits per heavy atom. The van der Waals surface area contributed by atoms with Gasteiger partial charge in [-0.05, 0) is 110 Å². The number of thioether (sulfide) groups is 6. The maximum absolute atomic E-state index is 12.2. The number of ether oxygens (including phenoxy) is 1. The highest BCUT2D eigenvalue weighted by molar-refractivity contribution is 8.21. The molecule has 3 aliphatic heterocycles. The molecule has 45 heavy (non-hydrogen) atoms. The van der Waals surface area contributed by atoms with E-state index in [1.165, 1.54) is 49.3 Å². The van der Waals surface area contributed by atoms with Crippen molar-refractivity contribution in [3.8, 4) is 0 Å². The van der Waals surface area contributed by atoms with E-state index in [2.05, 4.69) is 25.5 Å². The van der Waals surface area contributed by atoms with Crippen LogP contribution in [-0.2, 0) is 10.3 Å². The number of esters is 1. The molecule has 0 spiro atoms. The highest BCUT2D eigenvalue weighted by atomic mass is 32.2. The van der Waals surface area contributed by atoms with Crippen LogP contribution in [0.25, 0.3) is 0 Å². The van der Waals surface area contributed by atoms with Crippen LogP contribution in [0.5, 0.6) is 0 Å². The maximum atomic E-state index is 12.2. The number of methoxy groups -OCH3 is 1. The predicted molar refractivity (Wildman–Crippen MR) is 196 cm³/mol. The van der Waals surface area contributed by atoms with Crippen LogP contribution in [0.3, 0.4) is 0 Å². The van der Waals surface area contributed by atoms with E-state index in [1.54, 1.807) is 16.7 Å². The largest absolute Gasteiger partial charge is 0.478 e. The lowest BCUT2D eigenvalue weighted by Crippen LogP contribution is -2.58. The van der Waals surface area contributed by atoms with Gasteiger partial charge in [-0.15, -0.1) is 47.0 Å². The first-order chi connectivity index (χ1) is 21.4. The number of aromatic carboxylic acids is 2. The minimum Gasteiger partial charge on any atom is -0.478 e. The lowest BCUT2D eigenvalue weighted by atomic mass is 9.86. The number of hydrogen-bond acceptors (Lipinski definition) is 11. The molecule has 0 atom stereocenters. The Bertz CT molecular complexity index is 1230. The van der Waals surface area contributed by atoms with E-state index in [1.807, 2.05) is 82.7 Å². The Morgan fingerprint density at radius 3 is 1.38 bits per heavy atom. The average Bonchev–Trinajstić information content (AvgIpc) is 3.05. The Morgan fingerprint density at radius 2 is 1.04 bits per heavy atom. The number of benzene rings is 2. The van der Waals surface area contributed by atoms with Crippen molar-refractivity contribution in [2.24, 2.45) is 0 Å². The van der Waals surface area contributed by atoms with Crippen molar-refractivity contribution in [1.82, 2.24) is 0 Å². The van der Waals surface area contributed by atoms with E-state index >= 15 is 0 Å². The molecule has 3 aliphatic rings. The van der Waals surface area contributed by atoms with Crippen molar-refractivity contribution in [3.05, 3.63) is 75.4 Å². The molecule has 248 valence electrons. The van der Waals surface area contributed by atoms with E-state index in [4.69, 9.17) is 5.11 Å². The third-order valence-electron chi connectivity index (χ3n) is 7.40. The summed E-state index contributed by atoms with van der Waals surface area (Å²) >= 11 is 11.4. The van der Waals surface area contributed by atoms with Crippen LogP contribution >= 0.6 is 70.6 Å². The molecule has 0 saturated carbocycles. The van der Waals surface area contributed by atoms with Gasteiger partial charge in [0.1, 0.15) is 5.60 Å². The second-order valence-electron chi connectivity index (χ2n) is 10.5. The van der Waals surface area contributed by atoms with Gasteiger partial charge in [0.15, 0.2) is 0 Å². The van der Waals surface area contributed by atoms with Crippen molar-refractivity contribution in [3.63, 3.8) is 0 Å². The molecule has 2 aromatic rings. The predicted octanol–water partition coefficient (Wildman–Crippen LogP) is 8.28. The molecule has 5 rings (SSSR count). The zero-order chi connectivity index (χ0) is 33.1. The van der Waals surface area contributed by atoms with Crippen LogP contribution < -0.4 is 0 Å². The Balaban J connectivity index is 0.000000228. The lowest BCUT2D eigenvalue weighted by Gasteiger charge is -2.55. The van der Waals surface area contributed by atoms with E-state index < -0.39 is 23.5 Å². The van der Waals surface area contributed by atoms with Crippen LogP contribution in [0.4, 0.5) is 0 Å². The highest BCUT2D eigenvalue weighted by Crippen LogP contribution is 2.64. The summed E-state index contributed by atoms with van der Waals surface area (Å²) in [7, 11) is 1.27. The SMILES string of the molecule is CC1(C(O)(c2ccc(C(=O)O)cc2)C2(C)SCCCS2)SCCCS1.COC(=O)c1ccc(C(=O)O)cc1.C[C-]1SCCCS1. The normalized spacial score (nSPS) is 19.5. The first-order valence-corrected chi connectivity index (χ1v) is 20.4. The Hall–Kier alpha value is -1.09. The van der Waals surface area contributed by atoms with Crippen molar-refractivity contribution in [1.29, 1.82) is 0 Å². The van der Waals surface area contributed by atoms with Crippen molar-refractivity contribution < 1.29 is 34.4 Å². The summed E-state index contributed by atoms with van der Waals surface area (Å²) in [5.41, 5.74) is 0.517. The van der Waals surface area contributed by atoms with Gasteiger partial charge in [0.25, 0.3) is 0 Å². The van der Waals surface area contributed by atoms with E-state index in [-0.39, 0.29) is 19.3 Å². The van der Waals surface area contributed by atoms with E-state index in [0.29, 0.717) is 5.56 Å². The fourth-order valence-corrected chi connectivity index (χ4v) is 14.2. The molecule has 3 fully saturated rings. The summed E-state index contributed by atoms with van der Waals surface area (Å²) in [6.45, 7) is 6.52. The summed E-state index contributed by atoms with van der Waals surface area (Å²) in [6, 6.07) is 12.4. The standard InChI is InChI=1S/C18H24O3S4.C9H8O4.C5H9S2/c1-16(22-9-3-10-23-16)18(21,17(2)24-11-4-12-25-17)14-7-5-13(6-8-14)15(19)20;1-13-9(12)7-4-2-6(3-5-7)8(10)11;1-5-6-3-2-4-7-5/h5-8,21H,3-4,9-12H2,1-2H3,(H,19,20);2-5H,1H3,(H,10,11);2-4H2,1H3/q;;-1. The molecule has 0 amide bonds. The van der Waals surface area contributed by atoms with Gasteiger partial charge in [-0.3, -0.25) is 0 Å². The smallest absolute Gasteiger partial charge is 0.337 e. The Labute approximate surface area is 292 Å². The van der Waals surface area contributed by atoms with Gasteiger partial charge < -0.3 is 43.6 Å². The number of carbonyl (C=O) groups is 3. The maximum Gasteiger partial charge on any atom is 0.337 e. The van der Waals surface area contributed by atoms with Crippen molar-refractivity contribution >= 4 is 88.5 Å². The molecule has 2 aromatic carbocycles. The number of carboxylic acids is 2. The van der Waals surface area contributed by atoms with Gasteiger partial charge in [0.2, 0.25) is 0 Å². The summed E-state index contributed by atoms with van der Waals surface area (Å²) in [5.74, 6) is 4.45. The first kappa shape index (κ1) is 38.4. The zero-order valence-electron chi connectivity index (χ0n) is 25.9. The fourth-order valence-electron chi connectivity index (χ4n) is 4.88. The minimum atomic E-state index is -1.05.